The van der Waals surface area contributed by atoms with Crippen LogP contribution in [0.15, 0.2) is 53.0 Å². The summed E-state index contributed by atoms with van der Waals surface area (Å²) in [6.07, 6.45) is 12.8. The molecule has 1 aromatic heterocycles. The quantitative estimate of drug-likeness (QED) is 0.732. The molecule has 1 atom stereocenters. The van der Waals surface area contributed by atoms with Crippen LogP contribution in [0.25, 0.3) is 0 Å². The zero-order valence-corrected chi connectivity index (χ0v) is 7.97. The van der Waals surface area contributed by atoms with Gasteiger partial charge in [-0.3, -0.25) is 0 Å². The predicted octanol–water partition coefficient (Wildman–Crippen LogP) is 1.90. The number of nitrogens with zero attached hydrogens (tertiary/aromatic N) is 1. The van der Waals surface area contributed by atoms with Crippen molar-refractivity contribution in [2.24, 2.45) is 5.73 Å². The van der Waals surface area contributed by atoms with Crippen molar-refractivity contribution in [3.05, 3.63) is 54.4 Å². The predicted molar refractivity (Wildman–Crippen MR) is 54.4 cm³/mol. The lowest BCUT2D eigenvalue weighted by Gasteiger charge is -2.16. The molecule has 3 nitrogen and oxygen atoms in total. The monoisotopic (exact) mass is 188 g/mol. The van der Waals surface area contributed by atoms with Gasteiger partial charge >= 0.3 is 0 Å². The number of hydrogen-bond donors (Lipinski definition) is 1. The molecule has 1 heterocycles. The highest BCUT2D eigenvalue weighted by Crippen LogP contribution is 2.27. The van der Waals surface area contributed by atoms with Gasteiger partial charge in [-0.1, -0.05) is 18.2 Å². The molecule has 2 rings (SSSR count). The van der Waals surface area contributed by atoms with Gasteiger partial charge in [-0.2, -0.15) is 0 Å². The molecule has 3 heteroatoms. The molecule has 1 unspecified atom stereocenters. The van der Waals surface area contributed by atoms with Gasteiger partial charge in [0, 0.05) is 5.70 Å². The van der Waals surface area contributed by atoms with Crippen molar-refractivity contribution < 1.29 is 4.42 Å². The molecule has 0 saturated heterocycles. The zero-order valence-electron chi connectivity index (χ0n) is 7.97. The Morgan fingerprint density at radius 1 is 1.43 bits per heavy atom. The van der Waals surface area contributed by atoms with E-state index in [-0.39, 0.29) is 5.41 Å². The van der Waals surface area contributed by atoms with E-state index in [2.05, 4.69) is 4.98 Å². The molecule has 0 spiro atoms. The number of allylic oxidation sites excluding steroid dienone is 5. The Labute approximate surface area is 82.6 Å². The fraction of sp³-hybridized carbons (Fsp3) is 0.182. The van der Waals surface area contributed by atoms with Crippen molar-refractivity contribution in [1.29, 1.82) is 0 Å². The largest absolute Gasteiger partial charge is 0.448 e. The molecule has 0 radical (unpaired) electrons. The summed E-state index contributed by atoms with van der Waals surface area (Å²) >= 11 is 0. The lowest BCUT2D eigenvalue weighted by Crippen LogP contribution is -2.15. The van der Waals surface area contributed by atoms with Crippen LogP contribution in [0.2, 0.25) is 0 Å². The van der Waals surface area contributed by atoms with E-state index < -0.39 is 0 Å². The highest BCUT2D eigenvalue weighted by molar-refractivity contribution is 5.35. The van der Waals surface area contributed by atoms with Crippen LogP contribution in [-0.2, 0) is 5.41 Å². The number of aromatic nitrogens is 1. The summed E-state index contributed by atoms with van der Waals surface area (Å²) < 4.78 is 5.29. The molecule has 0 saturated carbocycles. The van der Waals surface area contributed by atoms with Crippen LogP contribution in [0.3, 0.4) is 0 Å². The third-order valence-electron chi connectivity index (χ3n) is 2.25. The first-order valence-corrected chi connectivity index (χ1v) is 4.45. The van der Waals surface area contributed by atoms with Gasteiger partial charge in [0.25, 0.3) is 0 Å². The van der Waals surface area contributed by atoms with Crippen molar-refractivity contribution in [2.45, 2.75) is 12.3 Å². The van der Waals surface area contributed by atoms with Gasteiger partial charge in [0.05, 0.1) is 11.6 Å². The molecule has 0 fully saturated rings. The Morgan fingerprint density at radius 3 is 3.00 bits per heavy atom. The molecule has 0 amide bonds. The van der Waals surface area contributed by atoms with Gasteiger partial charge in [-0.05, 0) is 19.1 Å². The van der Waals surface area contributed by atoms with Gasteiger partial charge in [-0.15, -0.1) is 0 Å². The first kappa shape index (κ1) is 8.81. The second-order valence-electron chi connectivity index (χ2n) is 3.48. The average Bonchev–Trinajstić information content (AvgIpc) is 2.63. The first-order valence-electron chi connectivity index (χ1n) is 4.45. The number of rotatable bonds is 1. The topological polar surface area (TPSA) is 52.0 Å². The molecule has 14 heavy (non-hydrogen) atoms. The van der Waals surface area contributed by atoms with Crippen molar-refractivity contribution in [3.8, 4) is 0 Å². The van der Waals surface area contributed by atoms with Gasteiger partial charge in [-0.25, -0.2) is 4.98 Å². The fourth-order valence-corrected chi connectivity index (χ4v) is 1.37. The maximum absolute atomic E-state index is 5.68. The molecule has 72 valence electrons. The lowest BCUT2D eigenvalue weighted by atomic mass is 9.90. The Kier molecular flexibility index (Phi) is 2.00. The first-order chi connectivity index (χ1) is 6.71. The minimum Gasteiger partial charge on any atom is -0.448 e. The maximum atomic E-state index is 5.68. The molecule has 1 aromatic rings. The Hall–Kier alpha value is -1.77. The molecule has 1 aliphatic rings. The zero-order chi connectivity index (χ0) is 10.0. The summed E-state index contributed by atoms with van der Waals surface area (Å²) in [5.41, 5.74) is 6.11. The maximum Gasteiger partial charge on any atom is 0.207 e. The minimum absolute atomic E-state index is 0.304. The van der Waals surface area contributed by atoms with Crippen LogP contribution in [0.5, 0.6) is 0 Å². The molecule has 1 aliphatic carbocycles. The van der Waals surface area contributed by atoms with Crippen molar-refractivity contribution in [2.75, 3.05) is 0 Å². The van der Waals surface area contributed by atoms with Gasteiger partial charge < -0.3 is 10.2 Å². The number of oxazole rings is 1. The standard InChI is InChI=1S/C11H12N2O/c1-11(10-13-7-8-14-10)5-2-3-9(12)4-6-11/h2-8H,12H2,1H3. The van der Waals surface area contributed by atoms with Gasteiger partial charge in [0.15, 0.2) is 0 Å². The molecular formula is C11H12N2O. The van der Waals surface area contributed by atoms with Crippen molar-refractivity contribution >= 4 is 0 Å². The molecule has 0 aromatic carbocycles. The smallest absolute Gasteiger partial charge is 0.207 e. The summed E-state index contributed by atoms with van der Waals surface area (Å²) in [5.74, 6) is 0.674. The molecule has 0 aliphatic heterocycles. The van der Waals surface area contributed by atoms with E-state index in [9.17, 15) is 0 Å². The van der Waals surface area contributed by atoms with Crippen molar-refractivity contribution in [1.82, 2.24) is 4.98 Å². The van der Waals surface area contributed by atoms with Crippen LogP contribution < -0.4 is 5.73 Å². The normalized spacial score (nSPS) is 25.9. The number of hydrogen-bond acceptors (Lipinski definition) is 3. The minimum atomic E-state index is -0.304. The van der Waals surface area contributed by atoms with Gasteiger partial charge in [0.2, 0.25) is 5.89 Å². The number of nitrogens with two attached hydrogens (primary N) is 1. The Bertz CT molecular complexity index is 401. The summed E-state index contributed by atoms with van der Waals surface area (Å²) in [4.78, 5) is 4.15. The van der Waals surface area contributed by atoms with Gasteiger partial charge in [0.1, 0.15) is 6.26 Å². The second kappa shape index (κ2) is 3.18. The van der Waals surface area contributed by atoms with Crippen LogP contribution in [0.1, 0.15) is 12.8 Å². The van der Waals surface area contributed by atoms with E-state index in [1.165, 1.54) is 0 Å². The third kappa shape index (κ3) is 1.48. The summed E-state index contributed by atoms with van der Waals surface area (Å²) in [7, 11) is 0. The second-order valence-corrected chi connectivity index (χ2v) is 3.48. The molecule has 0 bridgehead atoms. The average molecular weight is 188 g/mol. The highest BCUT2D eigenvalue weighted by atomic mass is 16.3. The summed E-state index contributed by atoms with van der Waals surface area (Å²) in [6.45, 7) is 2.03. The van der Waals surface area contributed by atoms with E-state index in [1.807, 2.05) is 37.3 Å². The van der Waals surface area contributed by atoms with E-state index in [1.54, 1.807) is 12.5 Å². The van der Waals surface area contributed by atoms with Crippen LogP contribution in [-0.4, -0.2) is 4.98 Å². The fourth-order valence-electron chi connectivity index (χ4n) is 1.37. The van der Waals surface area contributed by atoms with E-state index in [4.69, 9.17) is 10.2 Å². The van der Waals surface area contributed by atoms with Crippen molar-refractivity contribution in [3.63, 3.8) is 0 Å². The van der Waals surface area contributed by atoms with E-state index in [0.717, 1.165) is 5.70 Å². The summed E-state index contributed by atoms with van der Waals surface area (Å²) in [6, 6.07) is 0. The molecular weight excluding hydrogens is 176 g/mol. The van der Waals surface area contributed by atoms with Crippen LogP contribution in [0, 0.1) is 0 Å². The van der Waals surface area contributed by atoms with Crippen LogP contribution >= 0.6 is 0 Å². The molecule has 2 N–H and O–H groups in total. The third-order valence-corrected chi connectivity index (χ3v) is 2.25. The lowest BCUT2D eigenvalue weighted by molar-refractivity contribution is 0.444. The Balaban J connectivity index is 2.40. The SMILES string of the molecule is CC1(c2ncco2)C=CC=C(N)C=C1. The van der Waals surface area contributed by atoms with Crippen LogP contribution in [0.4, 0.5) is 0 Å². The van der Waals surface area contributed by atoms with E-state index in [0.29, 0.717) is 5.89 Å². The summed E-state index contributed by atoms with van der Waals surface area (Å²) in [5, 5.41) is 0. The van der Waals surface area contributed by atoms with E-state index >= 15 is 0 Å². The Morgan fingerprint density at radius 2 is 2.29 bits per heavy atom. The highest BCUT2D eigenvalue weighted by Gasteiger charge is 2.25.